The average molecular weight is 404 g/mol. The van der Waals surface area contributed by atoms with Gasteiger partial charge in [-0.05, 0) is 36.4 Å². The van der Waals surface area contributed by atoms with Gasteiger partial charge in [0.15, 0.2) is 5.17 Å². The first-order chi connectivity index (χ1) is 11.6. The number of hydrogen-bond acceptors (Lipinski definition) is 4. The van der Waals surface area contributed by atoms with Gasteiger partial charge in [0.1, 0.15) is 5.25 Å². The lowest BCUT2D eigenvalue weighted by Crippen LogP contribution is -2.28. The summed E-state index contributed by atoms with van der Waals surface area (Å²) in [7, 11) is 0. The van der Waals surface area contributed by atoms with Crippen molar-refractivity contribution >= 4 is 56.0 Å². The number of rotatable bonds is 4. The van der Waals surface area contributed by atoms with Crippen LogP contribution in [-0.2, 0) is 9.59 Å². The molecule has 5 nitrogen and oxygen atoms in total. The zero-order chi connectivity index (χ0) is 16.9. The Labute approximate surface area is 152 Å². The van der Waals surface area contributed by atoms with Crippen molar-refractivity contribution in [1.29, 1.82) is 0 Å². The molecule has 0 bridgehead atoms. The van der Waals surface area contributed by atoms with Gasteiger partial charge in [0.2, 0.25) is 11.8 Å². The molecule has 1 aliphatic rings. The van der Waals surface area contributed by atoms with Gasteiger partial charge in [0, 0.05) is 16.6 Å². The van der Waals surface area contributed by atoms with Crippen LogP contribution in [0.4, 0.5) is 11.4 Å². The molecule has 1 heterocycles. The van der Waals surface area contributed by atoms with Gasteiger partial charge in [-0.15, -0.1) is 0 Å². The van der Waals surface area contributed by atoms with Crippen molar-refractivity contribution in [1.82, 2.24) is 5.32 Å². The highest BCUT2D eigenvalue weighted by molar-refractivity contribution is 9.10. The molecule has 24 heavy (non-hydrogen) atoms. The molecule has 1 atom stereocenters. The summed E-state index contributed by atoms with van der Waals surface area (Å²) in [5.41, 5.74) is 1.46. The normalized spacial score (nSPS) is 18.5. The summed E-state index contributed by atoms with van der Waals surface area (Å²) in [5, 5.41) is 5.56. The average Bonchev–Trinajstić information content (AvgIpc) is 2.90. The van der Waals surface area contributed by atoms with Crippen molar-refractivity contribution < 1.29 is 9.59 Å². The lowest BCUT2D eigenvalue weighted by molar-refractivity contribution is -0.122. The Morgan fingerprint density at radius 3 is 2.58 bits per heavy atom. The van der Waals surface area contributed by atoms with E-state index in [9.17, 15) is 9.59 Å². The predicted octanol–water partition coefficient (Wildman–Crippen LogP) is 3.70. The summed E-state index contributed by atoms with van der Waals surface area (Å²) in [6, 6.07) is 16.7. The molecule has 1 saturated heterocycles. The van der Waals surface area contributed by atoms with E-state index >= 15 is 0 Å². The smallest absolute Gasteiger partial charge is 0.240 e. The predicted molar refractivity (Wildman–Crippen MR) is 100 cm³/mol. The van der Waals surface area contributed by atoms with Crippen molar-refractivity contribution in [3.8, 4) is 0 Å². The number of halogens is 1. The molecule has 1 aliphatic heterocycles. The molecule has 0 saturated carbocycles. The number of aliphatic imine (C=N–C) groups is 1. The third-order valence-corrected chi connectivity index (χ3v) is 4.87. The van der Waals surface area contributed by atoms with E-state index in [1.807, 2.05) is 42.5 Å². The third kappa shape index (κ3) is 4.46. The Morgan fingerprint density at radius 2 is 1.88 bits per heavy atom. The number of para-hydroxylation sites is 1. The van der Waals surface area contributed by atoms with E-state index in [4.69, 9.17) is 0 Å². The quantitative estimate of drug-likeness (QED) is 0.817. The summed E-state index contributed by atoms with van der Waals surface area (Å²) in [4.78, 5) is 28.5. The Balaban J connectivity index is 1.59. The van der Waals surface area contributed by atoms with Crippen LogP contribution in [0.1, 0.15) is 6.42 Å². The van der Waals surface area contributed by atoms with Crippen LogP contribution in [0.15, 0.2) is 64.1 Å². The van der Waals surface area contributed by atoms with Crippen LogP contribution in [0.3, 0.4) is 0 Å². The largest absolute Gasteiger partial charge is 0.326 e. The summed E-state index contributed by atoms with van der Waals surface area (Å²) in [5.74, 6) is -0.397. The van der Waals surface area contributed by atoms with Gasteiger partial charge < -0.3 is 10.6 Å². The first kappa shape index (κ1) is 16.7. The summed E-state index contributed by atoms with van der Waals surface area (Å²) < 4.78 is 0.938. The Bertz CT molecular complexity index is 778. The molecule has 122 valence electrons. The van der Waals surface area contributed by atoms with Gasteiger partial charge >= 0.3 is 0 Å². The number of thioether (sulfide) groups is 1. The fraction of sp³-hybridized carbons (Fsp3) is 0.118. The zero-order valence-electron chi connectivity index (χ0n) is 12.5. The number of nitrogens with zero attached hydrogens (tertiary/aromatic N) is 1. The maximum absolute atomic E-state index is 12.1. The van der Waals surface area contributed by atoms with Crippen LogP contribution in [0.2, 0.25) is 0 Å². The molecule has 2 amide bonds. The number of carbonyl (C=O) groups is 2. The van der Waals surface area contributed by atoms with Gasteiger partial charge in [0.25, 0.3) is 0 Å². The number of benzene rings is 2. The molecule has 0 unspecified atom stereocenters. The highest BCUT2D eigenvalue weighted by atomic mass is 79.9. The third-order valence-electron chi connectivity index (χ3n) is 3.26. The lowest BCUT2D eigenvalue weighted by atomic mass is 10.2. The van der Waals surface area contributed by atoms with Crippen LogP contribution >= 0.6 is 27.7 Å². The minimum absolute atomic E-state index is 0.0976. The number of amides is 2. The van der Waals surface area contributed by atoms with Crippen LogP contribution in [0.5, 0.6) is 0 Å². The molecule has 0 aromatic heterocycles. The zero-order valence-corrected chi connectivity index (χ0v) is 14.9. The van der Waals surface area contributed by atoms with E-state index in [-0.39, 0.29) is 18.2 Å². The molecule has 2 aromatic rings. The summed E-state index contributed by atoms with van der Waals surface area (Å²) >= 11 is 4.62. The Kier molecular flexibility index (Phi) is 5.32. The van der Waals surface area contributed by atoms with Gasteiger partial charge in [-0.1, -0.05) is 45.9 Å². The number of hydrogen-bond donors (Lipinski definition) is 2. The van der Waals surface area contributed by atoms with Crippen LogP contribution in [0, 0.1) is 0 Å². The minimum atomic E-state index is -0.470. The molecule has 0 aliphatic carbocycles. The van der Waals surface area contributed by atoms with Crippen LogP contribution in [-0.4, -0.2) is 22.2 Å². The monoisotopic (exact) mass is 403 g/mol. The maximum atomic E-state index is 12.1. The minimum Gasteiger partial charge on any atom is -0.326 e. The SMILES string of the molecule is O=C(C[C@H]1SC(=Nc2ccccc2)NC1=O)Nc1ccc(Br)cc1. The molecule has 7 heteroatoms. The van der Waals surface area contributed by atoms with Crippen molar-refractivity contribution in [3.05, 3.63) is 59.1 Å². The number of carbonyl (C=O) groups excluding carboxylic acids is 2. The van der Waals surface area contributed by atoms with Crippen molar-refractivity contribution in [2.75, 3.05) is 5.32 Å². The molecule has 2 aromatic carbocycles. The second-order valence-electron chi connectivity index (χ2n) is 5.11. The summed E-state index contributed by atoms with van der Waals surface area (Å²) in [6.07, 6.45) is 0.0976. The molecule has 0 radical (unpaired) electrons. The first-order valence-electron chi connectivity index (χ1n) is 7.27. The topological polar surface area (TPSA) is 70.6 Å². The van der Waals surface area contributed by atoms with Crippen molar-refractivity contribution in [3.63, 3.8) is 0 Å². The van der Waals surface area contributed by atoms with Gasteiger partial charge in [-0.2, -0.15) is 0 Å². The number of anilines is 1. The molecule has 3 rings (SSSR count). The van der Waals surface area contributed by atoms with E-state index in [0.29, 0.717) is 10.9 Å². The highest BCUT2D eigenvalue weighted by Crippen LogP contribution is 2.25. The van der Waals surface area contributed by atoms with Gasteiger partial charge in [-0.3, -0.25) is 9.59 Å². The molecular weight excluding hydrogens is 390 g/mol. The second-order valence-corrected chi connectivity index (χ2v) is 7.21. The fourth-order valence-electron chi connectivity index (χ4n) is 2.13. The fourth-order valence-corrected chi connectivity index (χ4v) is 3.38. The van der Waals surface area contributed by atoms with Gasteiger partial charge in [0.05, 0.1) is 5.69 Å². The first-order valence-corrected chi connectivity index (χ1v) is 8.94. The number of amidine groups is 1. The van der Waals surface area contributed by atoms with E-state index in [1.165, 1.54) is 11.8 Å². The summed E-state index contributed by atoms with van der Waals surface area (Å²) in [6.45, 7) is 0. The van der Waals surface area contributed by atoms with Crippen LogP contribution < -0.4 is 10.6 Å². The van der Waals surface area contributed by atoms with Crippen molar-refractivity contribution in [2.24, 2.45) is 4.99 Å². The van der Waals surface area contributed by atoms with E-state index in [0.717, 1.165) is 10.2 Å². The van der Waals surface area contributed by atoms with Gasteiger partial charge in [-0.25, -0.2) is 4.99 Å². The molecule has 1 fully saturated rings. The lowest BCUT2D eigenvalue weighted by Gasteiger charge is -2.07. The highest BCUT2D eigenvalue weighted by Gasteiger charge is 2.32. The van der Waals surface area contributed by atoms with E-state index in [2.05, 4.69) is 31.6 Å². The Morgan fingerprint density at radius 1 is 1.17 bits per heavy atom. The maximum Gasteiger partial charge on any atom is 0.240 e. The van der Waals surface area contributed by atoms with Crippen molar-refractivity contribution in [2.45, 2.75) is 11.7 Å². The molecular formula is C17H14BrN3O2S. The molecule has 2 N–H and O–H groups in total. The van der Waals surface area contributed by atoms with E-state index < -0.39 is 5.25 Å². The standard InChI is InChI=1S/C17H14BrN3O2S/c18-11-6-8-13(9-7-11)19-15(22)10-14-16(23)21-17(24-14)20-12-4-2-1-3-5-12/h1-9,14H,10H2,(H,19,22)(H,20,21,23)/t14-/m1/s1. The number of nitrogens with one attached hydrogen (secondary N) is 2. The molecule has 0 spiro atoms. The van der Waals surface area contributed by atoms with Crippen LogP contribution in [0.25, 0.3) is 0 Å². The second kappa shape index (κ2) is 7.63. The Hall–Kier alpha value is -2.12. The van der Waals surface area contributed by atoms with E-state index in [1.54, 1.807) is 12.1 Å².